The lowest BCUT2D eigenvalue weighted by molar-refractivity contribution is 0.102. The van der Waals surface area contributed by atoms with Crippen molar-refractivity contribution in [2.24, 2.45) is 0 Å². The number of aromatic nitrogens is 1. The minimum atomic E-state index is -3.25. The number of nitrogens with zero attached hydrogens (tertiary/aromatic N) is 1. The van der Waals surface area contributed by atoms with E-state index < -0.39 is 9.84 Å². The zero-order valence-electron chi connectivity index (χ0n) is 11.4. The topological polar surface area (TPSA) is 76.1 Å². The number of carbonyl (C=O) groups is 1. The Morgan fingerprint density at radius 1 is 1.19 bits per heavy atom. The molecule has 0 saturated heterocycles. The summed E-state index contributed by atoms with van der Waals surface area (Å²) < 4.78 is 22.7. The molecule has 2 aromatic rings. The van der Waals surface area contributed by atoms with Gasteiger partial charge in [0.2, 0.25) is 0 Å². The van der Waals surface area contributed by atoms with Gasteiger partial charge in [0, 0.05) is 23.2 Å². The summed E-state index contributed by atoms with van der Waals surface area (Å²) in [7, 11) is -3.25. The van der Waals surface area contributed by atoms with Gasteiger partial charge in [0.05, 0.1) is 4.90 Å². The van der Waals surface area contributed by atoms with Crippen molar-refractivity contribution in [1.29, 1.82) is 0 Å². The molecule has 1 aromatic carbocycles. The number of hydrogen-bond donors (Lipinski definition) is 1. The van der Waals surface area contributed by atoms with Crippen LogP contribution in [0.2, 0.25) is 5.15 Å². The molecule has 0 aliphatic rings. The number of sulfone groups is 1. The molecule has 1 amide bonds. The first-order valence-corrected chi connectivity index (χ1v) is 8.28. The van der Waals surface area contributed by atoms with Gasteiger partial charge in [-0.15, -0.1) is 0 Å². The average Bonchev–Trinajstić information content (AvgIpc) is 2.37. The summed E-state index contributed by atoms with van der Waals surface area (Å²) in [6, 6.07) is 9.03. The van der Waals surface area contributed by atoms with Crippen LogP contribution in [0.15, 0.2) is 41.3 Å². The molecule has 1 aromatic heterocycles. The van der Waals surface area contributed by atoms with Crippen molar-refractivity contribution >= 4 is 33.0 Å². The van der Waals surface area contributed by atoms with E-state index in [9.17, 15) is 13.2 Å². The highest BCUT2D eigenvalue weighted by Crippen LogP contribution is 2.16. The van der Waals surface area contributed by atoms with Gasteiger partial charge in [-0.1, -0.05) is 11.6 Å². The number of rotatable bonds is 3. The molecular formula is C14H13ClN2O3S. The van der Waals surface area contributed by atoms with Crippen LogP contribution in [0.1, 0.15) is 16.1 Å². The van der Waals surface area contributed by atoms with Gasteiger partial charge in [-0.05, 0) is 43.3 Å². The van der Waals surface area contributed by atoms with Crippen LogP contribution in [0.5, 0.6) is 0 Å². The minimum Gasteiger partial charge on any atom is -0.322 e. The standard InChI is InChI=1S/C14H13ClN2O3S/c1-9-7-10(8-13(15)16-9)14(18)17-11-3-5-12(6-4-11)21(2,19)20/h3-8H,1-2H3,(H,17,18). The Morgan fingerprint density at radius 3 is 2.33 bits per heavy atom. The van der Waals surface area contributed by atoms with Crippen LogP contribution in [0, 0.1) is 6.92 Å². The largest absolute Gasteiger partial charge is 0.322 e. The highest BCUT2D eigenvalue weighted by molar-refractivity contribution is 7.90. The van der Waals surface area contributed by atoms with Gasteiger partial charge in [-0.25, -0.2) is 13.4 Å². The SMILES string of the molecule is Cc1cc(C(=O)Nc2ccc(S(C)(=O)=O)cc2)cc(Cl)n1. The third-order valence-electron chi connectivity index (χ3n) is 2.72. The molecule has 0 unspecified atom stereocenters. The highest BCUT2D eigenvalue weighted by atomic mass is 35.5. The molecule has 0 saturated carbocycles. The van der Waals surface area contributed by atoms with Crippen LogP contribution < -0.4 is 5.32 Å². The number of amides is 1. The van der Waals surface area contributed by atoms with Crippen molar-refractivity contribution in [2.45, 2.75) is 11.8 Å². The van der Waals surface area contributed by atoms with Crippen LogP contribution in [0.4, 0.5) is 5.69 Å². The summed E-state index contributed by atoms with van der Waals surface area (Å²) in [6.07, 6.45) is 1.13. The van der Waals surface area contributed by atoms with Gasteiger partial charge >= 0.3 is 0 Å². The molecule has 1 N–H and O–H groups in total. The number of pyridine rings is 1. The molecular weight excluding hydrogens is 312 g/mol. The molecule has 2 rings (SSSR count). The van der Waals surface area contributed by atoms with Crippen molar-refractivity contribution in [1.82, 2.24) is 4.98 Å². The molecule has 0 atom stereocenters. The third-order valence-corrected chi connectivity index (χ3v) is 4.05. The second-order valence-corrected chi connectivity index (χ2v) is 6.97. The summed E-state index contributed by atoms with van der Waals surface area (Å²) >= 11 is 5.81. The van der Waals surface area contributed by atoms with Gasteiger partial charge < -0.3 is 5.32 Å². The molecule has 0 aliphatic heterocycles. The second kappa shape index (κ2) is 5.83. The van der Waals surface area contributed by atoms with E-state index in [0.29, 0.717) is 16.9 Å². The monoisotopic (exact) mass is 324 g/mol. The second-order valence-electron chi connectivity index (χ2n) is 4.57. The van der Waals surface area contributed by atoms with Crippen molar-refractivity contribution < 1.29 is 13.2 Å². The zero-order valence-corrected chi connectivity index (χ0v) is 13.0. The Bertz CT molecular complexity index is 766. The van der Waals surface area contributed by atoms with Crippen molar-refractivity contribution in [3.8, 4) is 0 Å². The van der Waals surface area contributed by atoms with Gasteiger partial charge in [-0.3, -0.25) is 4.79 Å². The normalized spacial score (nSPS) is 11.2. The predicted molar refractivity (Wildman–Crippen MR) is 81.5 cm³/mol. The van der Waals surface area contributed by atoms with Crippen LogP contribution >= 0.6 is 11.6 Å². The molecule has 0 radical (unpaired) electrons. The first-order valence-electron chi connectivity index (χ1n) is 6.01. The van der Waals surface area contributed by atoms with Crippen molar-refractivity contribution in [2.75, 3.05) is 11.6 Å². The Hall–Kier alpha value is -1.92. The van der Waals surface area contributed by atoms with E-state index in [1.54, 1.807) is 13.0 Å². The summed E-state index contributed by atoms with van der Waals surface area (Å²) in [5, 5.41) is 2.91. The summed E-state index contributed by atoms with van der Waals surface area (Å²) in [6.45, 7) is 1.74. The fourth-order valence-corrected chi connectivity index (χ4v) is 2.63. The highest BCUT2D eigenvalue weighted by Gasteiger charge is 2.10. The van der Waals surface area contributed by atoms with Crippen molar-refractivity contribution in [3.05, 3.63) is 52.8 Å². The van der Waals surface area contributed by atoms with E-state index in [-0.39, 0.29) is 16.0 Å². The van der Waals surface area contributed by atoms with E-state index in [1.165, 1.54) is 30.3 Å². The Morgan fingerprint density at radius 2 is 1.81 bits per heavy atom. The molecule has 110 valence electrons. The van der Waals surface area contributed by atoms with E-state index in [2.05, 4.69) is 10.3 Å². The van der Waals surface area contributed by atoms with Gasteiger partial charge in [0.25, 0.3) is 5.91 Å². The van der Waals surface area contributed by atoms with E-state index in [0.717, 1.165) is 6.26 Å². The van der Waals surface area contributed by atoms with E-state index >= 15 is 0 Å². The molecule has 1 heterocycles. The predicted octanol–water partition coefficient (Wildman–Crippen LogP) is 2.70. The first-order chi connectivity index (χ1) is 9.75. The number of anilines is 1. The Kier molecular flexibility index (Phi) is 4.29. The van der Waals surface area contributed by atoms with Gasteiger partial charge in [0.15, 0.2) is 9.84 Å². The molecule has 0 aliphatic carbocycles. The number of carbonyl (C=O) groups excluding carboxylic acids is 1. The fourth-order valence-electron chi connectivity index (χ4n) is 1.75. The van der Waals surface area contributed by atoms with E-state index in [1.807, 2.05) is 0 Å². The lowest BCUT2D eigenvalue weighted by Gasteiger charge is -2.07. The maximum atomic E-state index is 12.1. The molecule has 21 heavy (non-hydrogen) atoms. The summed E-state index contributed by atoms with van der Waals surface area (Å²) in [5.41, 5.74) is 1.53. The zero-order chi connectivity index (χ0) is 15.6. The summed E-state index contributed by atoms with van der Waals surface area (Å²) in [4.78, 5) is 16.3. The van der Waals surface area contributed by atoms with Crippen molar-refractivity contribution in [3.63, 3.8) is 0 Å². The maximum Gasteiger partial charge on any atom is 0.255 e. The summed E-state index contributed by atoms with van der Waals surface area (Å²) in [5.74, 6) is -0.338. The molecule has 0 bridgehead atoms. The van der Waals surface area contributed by atoms with Gasteiger partial charge in [-0.2, -0.15) is 0 Å². The maximum absolute atomic E-state index is 12.1. The Labute approximate surface area is 127 Å². The van der Waals surface area contributed by atoms with E-state index in [4.69, 9.17) is 11.6 Å². The molecule has 5 nitrogen and oxygen atoms in total. The average molecular weight is 325 g/mol. The number of hydrogen-bond acceptors (Lipinski definition) is 4. The smallest absolute Gasteiger partial charge is 0.255 e. The lowest BCUT2D eigenvalue weighted by atomic mass is 10.2. The van der Waals surface area contributed by atoms with Crippen LogP contribution in [0.25, 0.3) is 0 Å². The van der Waals surface area contributed by atoms with Crippen LogP contribution in [-0.4, -0.2) is 25.6 Å². The number of benzene rings is 1. The number of aryl methyl sites for hydroxylation is 1. The quantitative estimate of drug-likeness (QED) is 0.881. The molecule has 7 heteroatoms. The molecule has 0 fully saturated rings. The lowest BCUT2D eigenvalue weighted by Crippen LogP contribution is -2.12. The molecule has 0 spiro atoms. The number of halogens is 1. The first kappa shape index (κ1) is 15.5. The van der Waals surface area contributed by atoms with Crippen LogP contribution in [0.3, 0.4) is 0 Å². The number of nitrogens with one attached hydrogen (secondary N) is 1. The fraction of sp³-hybridized carbons (Fsp3) is 0.143. The Balaban J connectivity index is 2.20. The van der Waals surface area contributed by atoms with Gasteiger partial charge in [0.1, 0.15) is 5.15 Å². The van der Waals surface area contributed by atoms with Crippen LogP contribution in [-0.2, 0) is 9.84 Å². The third kappa shape index (κ3) is 4.03. The minimum absolute atomic E-state index is 0.197.